The number of hydrogen-bond acceptors (Lipinski definition) is 3. The largest absolute Gasteiger partial charge is 0.457 e. The summed E-state index contributed by atoms with van der Waals surface area (Å²) in [5.41, 5.74) is 2.58. The summed E-state index contributed by atoms with van der Waals surface area (Å²) in [6.45, 7) is 2.14. The summed E-state index contributed by atoms with van der Waals surface area (Å²) in [4.78, 5) is 0. The molecule has 0 saturated carbocycles. The first-order valence-corrected chi connectivity index (χ1v) is 10.9. The van der Waals surface area contributed by atoms with Crippen LogP contribution in [0.25, 0.3) is 0 Å². The van der Waals surface area contributed by atoms with Gasteiger partial charge in [-0.05, 0) is 53.9 Å². The van der Waals surface area contributed by atoms with Crippen molar-refractivity contribution >= 4 is 26.0 Å². The minimum atomic E-state index is -3.43. The molecule has 0 saturated heterocycles. The van der Waals surface area contributed by atoms with Crippen LogP contribution in [-0.4, -0.2) is 8.42 Å². The van der Waals surface area contributed by atoms with Crippen LogP contribution in [0.1, 0.15) is 16.7 Å². The van der Waals surface area contributed by atoms with Gasteiger partial charge in [-0.2, -0.15) is 0 Å². The van der Waals surface area contributed by atoms with Crippen molar-refractivity contribution in [1.29, 1.82) is 0 Å². The predicted molar refractivity (Wildman–Crippen MR) is 111 cm³/mol. The average molecular weight is 446 g/mol. The molecule has 0 unspecified atom stereocenters. The fourth-order valence-electron chi connectivity index (χ4n) is 2.56. The number of nitrogens with one attached hydrogen (secondary N) is 1. The minimum absolute atomic E-state index is 0.0481. The third-order valence-corrected chi connectivity index (χ3v) is 6.26. The van der Waals surface area contributed by atoms with E-state index in [9.17, 15) is 8.42 Å². The van der Waals surface area contributed by atoms with Gasteiger partial charge in [-0.1, -0.05) is 58.4 Å². The molecule has 4 nitrogen and oxygen atoms in total. The van der Waals surface area contributed by atoms with Gasteiger partial charge in [0, 0.05) is 11.0 Å². The highest BCUT2D eigenvalue weighted by Crippen LogP contribution is 2.22. The smallest absolute Gasteiger partial charge is 0.216 e. The lowest BCUT2D eigenvalue weighted by molar-refractivity contribution is 0.482. The van der Waals surface area contributed by atoms with E-state index in [4.69, 9.17) is 4.74 Å². The molecule has 6 heteroatoms. The van der Waals surface area contributed by atoms with Gasteiger partial charge in [0.25, 0.3) is 0 Å². The Morgan fingerprint density at radius 3 is 2.26 bits per heavy atom. The molecule has 0 bridgehead atoms. The second-order valence-electron chi connectivity index (χ2n) is 6.16. The number of para-hydroxylation sites is 1. The molecule has 0 aliphatic heterocycles. The monoisotopic (exact) mass is 445 g/mol. The Morgan fingerprint density at radius 2 is 1.56 bits per heavy atom. The van der Waals surface area contributed by atoms with E-state index in [1.165, 1.54) is 0 Å². The van der Waals surface area contributed by atoms with Gasteiger partial charge in [0.05, 0.1) is 5.75 Å². The summed E-state index contributed by atoms with van der Waals surface area (Å²) in [5.74, 6) is 1.42. The Balaban J connectivity index is 1.59. The second-order valence-corrected chi connectivity index (χ2v) is 8.82. The van der Waals surface area contributed by atoms with Crippen LogP contribution in [0.2, 0.25) is 0 Å². The van der Waals surface area contributed by atoms with Crippen LogP contribution in [0.15, 0.2) is 77.3 Å². The SMILES string of the molecule is Cc1c(Br)cccc1CS(=O)(=O)NCc1ccc(Oc2ccccc2)cc1. The van der Waals surface area contributed by atoms with Crippen LogP contribution < -0.4 is 9.46 Å². The number of sulfonamides is 1. The molecule has 1 N–H and O–H groups in total. The van der Waals surface area contributed by atoms with E-state index in [0.717, 1.165) is 26.9 Å². The van der Waals surface area contributed by atoms with Crippen molar-refractivity contribution in [2.75, 3.05) is 0 Å². The number of hydrogen-bond donors (Lipinski definition) is 1. The van der Waals surface area contributed by atoms with Gasteiger partial charge in [0.1, 0.15) is 11.5 Å². The van der Waals surface area contributed by atoms with E-state index < -0.39 is 10.0 Å². The lowest BCUT2D eigenvalue weighted by Crippen LogP contribution is -2.25. The van der Waals surface area contributed by atoms with Gasteiger partial charge in [-0.25, -0.2) is 13.1 Å². The van der Waals surface area contributed by atoms with Gasteiger partial charge < -0.3 is 4.74 Å². The summed E-state index contributed by atoms with van der Waals surface area (Å²) in [6, 6.07) is 22.4. The van der Waals surface area contributed by atoms with Crippen LogP contribution in [0.5, 0.6) is 11.5 Å². The highest BCUT2D eigenvalue weighted by molar-refractivity contribution is 9.10. The number of rotatable bonds is 7. The molecule has 0 aliphatic carbocycles. The maximum Gasteiger partial charge on any atom is 0.216 e. The fraction of sp³-hybridized carbons (Fsp3) is 0.143. The Kier molecular flexibility index (Phi) is 6.31. The van der Waals surface area contributed by atoms with Crippen LogP contribution in [0.3, 0.4) is 0 Å². The summed E-state index contributed by atoms with van der Waals surface area (Å²) in [5, 5.41) is 0. The molecule has 0 aliphatic rings. The van der Waals surface area contributed by atoms with E-state index in [1.807, 2.05) is 79.7 Å². The quantitative estimate of drug-likeness (QED) is 0.545. The third-order valence-electron chi connectivity index (χ3n) is 4.12. The molecule has 0 radical (unpaired) electrons. The van der Waals surface area contributed by atoms with Crippen molar-refractivity contribution in [1.82, 2.24) is 4.72 Å². The maximum absolute atomic E-state index is 12.4. The second kappa shape index (κ2) is 8.69. The summed E-state index contributed by atoms with van der Waals surface area (Å²) < 4.78 is 34.1. The standard InChI is InChI=1S/C21H20BrNO3S/c1-16-18(6-5-9-21(16)22)15-27(24,25)23-14-17-10-12-20(13-11-17)26-19-7-3-2-4-8-19/h2-13,23H,14-15H2,1H3. The summed E-state index contributed by atoms with van der Waals surface area (Å²) in [6.07, 6.45) is 0. The van der Waals surface area contributed by atoms with Crippen molar-refractivity contribution in [3.63, 3.8) is 0 Å². The molecule has 0 amide bonds. The Morgan fingerprint density at radius 1 is 0.889 bits per heavy atom. The highest BCUT2D eigenvalue weighted by atomic mass is 79.9. The Bertz CT molecular complexity index is 1000. The first kappa shape index (κ1) is 19.6. The molecule has 0 heterocycles. The Hall–Kier alpha value is -2.15. The molecule has 0 atom stereocenters. The first-order chi connectivity index (χ1) is 12.9. The van der Waals surface area contributed by atoms with Gasteiger partial charge in [0.2, 0.25) is 10.0 Å². The first-order valence-electron chi connectivity index (χ1n) is 8.46. The van der Waals surface area contributed by atoms with Crippen LogP contribution in [-0.2, 0) is 22.3 Å². The fourth-order valence-corrected chi connectivity index (χ4v) is 4.18. The van der Waals surface area contributed by atoms with Gasteiger partial charge in [-0.3, -0.25) is 0 Å². The lowest BCUT2D eigenvalue weighted by atomic mass is 10.1. The Labute approximate surface area is 168 Å². The lowest BCUT2D eigenvalue weighted by Gasteiger charge is -2.11. The van der Waals surface area contributed by atoms with Crippen molar-refractivity contribution < 1.29 is 13.2 Å². The highest BCUT2D eigenvalue weighted by Gasteiger charge is 2.14. The normalized spacial score (nSPS) is 11.3. The predicted octanol–water partition coefficient (Wildman–Crippen LogP) is 5.17. The molecular formula is C21H20BrNO3S. The minimum Gasteiger partial charge on any atom is -0.457 e. The third kappa shape index (κ3) is 5.66. The van der Waals surface area contributed by atoms with E-state index in [-0.39, 0.29) is 12.3 Å². The summed E-state index contributed by atoms with van der Waals surface area (Å²) >= 11 is 3.43. The number of halogens is 1. The molecule has 0 fully saturated rings. The van der Waals surface area contributed by atoms with Crippen molar-refractivity contribution in [3.8, 4) is 11.5 Å². The zero-order chi connectivity index (χ0) is 19.3. The number of benzene rings is 3. The number of ether oxygens (including phenoxy) is 1. The van der Waals surface area contributed by atoms with Crippen molar-refractivity contribution in [3.05, 3.63) is 94.0 Å². The molecule has 0 spiro atoms. The van der Waals surface area contributed by atoms with Crippen LogP contribution in [0, 0.1) is 6.92 Å². The van der Waals surface area contributed by atoms with E-state index in [2.05, 4.69) is 20.7 Å². The van der Waals surface area contributed by atoms with Crippen molar-refractivity contribution in [2.24, 2.45) is 0 Å². The van der Waals surface area contributed by atoms with Gasteiger partial charge >= 0.3 is 0 Å². The van der Waals surface area contributed by atoms with E-state index in [1.54, 1.807) is 0 Å². The molecular weight excluding hydrogens is 426 g/mol. The molecule has 3 rings (SSSR count). The molecule has 140 valence electrons. The average Bonchev–Trinajstić information content (AvgIpc) is 2.66. The maximum atomic E-state index is 12.4. The van der Waals surface area contributed by atoms with Gasteiger partial charge in [0.15, 0.2) is 0 Å². The zero-order valence-electron chi connectivity index (χ0n) is 14.9. The molecule has 3 aromatic rings. The topological polar surface area (TPSA) is 55.4 Å². The molecule has 3 aromatic carbocycles. The van der Waals surface area contributed by atoms with Crippen LogP contribution in [0.4, 0.5) is 0 Å². The van der Waals surface area contributed by atoms with E-state index >= 15 is 0 Å². The van der Waals surface area contributed by atoms with E-state index in [0.29, 0.717) is 5.75 Å². The van der Waals surface area contributed by atoms with Crippen LogP contribution >= 0.6 is 15.9 Å². The summed E-state index contributed by atoms with van der Waals surface area (Å²) in [7, 11) is -3.43. The van der Waals surface area contributed by atoms with Gasteiger partial charge in [-0.15, -0.1) is 0 Å². The zero-order valence-corrected chi connectivity index (χ0v) is 17.3. The molecule has 27 heavy (non-hydrogen) atoms. The van der Waals surface area contributed by atoms with Crippen molar-refractivity contribution in [2.45, 2.75) is 19.2 Å². The molecule has 0 aromatic heterocycles.